The van der Waals surface area contributed by atoms with E-state index in [-0.39, 0.29) is 36.5 Å². The molecule has 7 nitrogen and oxygen atoms in total. The van der Waals surface area contributed by atoms with Crippen LogP contribution >= 0.6 is 24.0 Å². The first kappa shape index (κ1) is 24.8. The molecule has 1 saturated heterocycles. The molecular formula is C20H35IN4O3. The Balaban J connectivity index is 0.00000392. The number of hydrogen-bond donors (Lipinski definition) is 3. The molecule has 1 aliphatic rings. The molecule has 0 amide bonds. The summed E-state index contributed by atoms with van der Waals surface area (Å²) in [5, 5.41) is 16.0. The topological polar surface area (TPSA) is 78.4 Å². The minimum absolute atomic E-state index is 0. The van der Waals surface area contributed by atoms with Crippen LogP contribution < -0.4 is 20.1 Å². The van der Waals surface area contributed by atoms with Crippen LogP contribution in [-0.4, -0.2) is 69.0 Å². The molecule has 0 saturated carbocycles. The molecule has 0 radical (unpaired) electrons. The summed E-state index contributed by atoms with van der Waals surface area (Å²) in [4.78, 5) is 7.01. The maximum absolute atomic E-state index is 9.18. The summed E-state index contributed by atoms with van der Waals surface area (Å²) in [6.45, 7) is 8.50. The Morgan fingerprint density at radius 3 is 2.54 bits per heavy atom. The average molecular weight is 506 g/mol. The van der Waals surface area contributed by atoms with E-state index in [0.29, 0.717) is 12.6 Å². The molecular weight excluding hydrogens is 471 g/mol. The lowest BCUT2D eigenvalue weighted by molar-refractivity contribution is 0.241. The van der Waals surface area contributed by atoms with Crippen molar-refractivity contribution in [3.05, 3.63) is 23.8 Å². The van der Waals surface area contributed by atoms with Gasteiger partial charge in [-0.1, -0.05) is 6.92 Å². The smallest absolute Gasteiger partial charge is 0.191 e. The fourth-order valence-electron chi connectivity index (χ4n) is 3.13. The van der Waals surface area contributed by atoms with Gasteiger partial charge < -0.3 is 25.2 Å². The van der Waals surface area contributed by atoms with Gasteiger partial charge in [-0.2, -0.15) is 0 Å². The predicted octanol–water partition coefficient (Wildman–Crippen LogP) is 2.08. The number of benzene rings is 1. The molecule has 1 aromatic rings. The molecule has 8 heteroatoms. The maximum Gasteiger partial charge on any atom is 0.191 e. The van der Waals surface area contributed by atoms with E-state index in [1.54, 1.807) is 14.2 Å². The molecule has 0 bridgehead atoms. The fourth-order valence-corrected chi connectivity index (χ4v) is 3.13. The van der Waals surface area contributed by atoms with Crippen LogP contribution in [-0.2, 0) is 6.54 Å². The third-order valence-electron chi connectivity index (χ3n) is 4.65. The third-order valence-corrected chi connectivity index (χ3v) is 4.65. The van der Waals surface area contributed by atoms with Gasteiger partial charge in [-0.15, -0.1) is 24.0 Å². The van der Waals surface area contributed by atoms with E-state index in [2.05, 4.69) is 39.6 Å². The van der Waals surface area contributed by atoms with Gasteiger partial charge in [0.05, 0.1) is 14.2 Å². The molecule has 1 fully saturated rings. The van der Waals surface area contributed by atoms with Crippen molar-refractivity contribution in [1.29, 1.82) is 0 Å². The third kappa shape index (κ3) is 8.00. The summed E-state index contributed by atoms with van der Waals surface area (Å²) >= 11 is 0. The number of nitrogens with zero attached hydrogens (tertiary/aromatic N) is 2. The lowest BCUT2D eigenvalue weighted by Gasteiger charge is -2.19. The maximum atomic E-state index is 9.18. The van der Waals surface area contributed by atoms with Gasteiger partial charge in [0.1, 0.15) is 11.5 Å². The molecule has 2 rings (SSSR count). The molecule has 1 aliphatic heterocycles. The largest absolute Gasteiger partial charge is 0.497 e. The average Bonchev–Trinajstić information content (AvgIpc) is 3.12. The first-order valence-corrected chi connectivity index (χ1v) is 9.67. The molecule has 0 aliphatic carbocycles. The first-order valence-electron chi connectivity index (χ1n) is 9.67. The van der Waals surface area contributed by atoms with Gasteiger partial charge in [0.15, 0.2) is 5.96 Å². The molecule has 2 unspecified atom stereocenters. The first-order chi connectivity index (χ1) is 13.1. The second kappa shape index (κ2) is 13.1. The van der Waals surface area contributed by atoms with Gasteiger partial charge in [-0.25, -0.2) is 0 Å². The summed E-state index contributed by atoms with van der Waals surface area (Å²) in [7, 11) is 3.35. The zero-order chi connectivity index (χ0) is 19.6. The number of nitrogens with one attached hydrogen (secondary N) is 2. The minimum Gasteiger partial charge on any atom is -0.497 e. The number of aliphatic hydroxyl groups is 1. The second-order valence-electron chi connectivity index (χ2n) is 7.09. The normalized spacial score (nSPS) is 18.3. The quantitative estimate of drug-likeness (QED) is 0.271. The Morgan fingerprint density at radius 1 is 1.29 bits per heavy atom. The highest BCUT2D eigenvalue weighted by Crippen LogP contribution is 2.24. The number of ether oxygens (including phenoxy) is 2. The summed E-state index contributed by atoms with van der Waals surface area (Å²) < 4.78 is 10.7. The summed E-state index contributed by atoms with van der Waals surface area (Å²) in [6, 6.07) is 6.38. The van der Waals surface area contributed by atoms with Gasteiger partial charge in [0.25, 0.3) is 0 Å². The zero-order valence-corrected chi connectivity index (χ0v) is 19.7. The van der Waals surface area contributed by atoms with E-state index in [4.69, 9.17) is 9.47 Å². The van der Waals surface area contributed by atoms with Crippen LogP contribution in [0.15, 0.2) is 23.2 Å². The van der Waals surface area contributed by atoms with Gasteiger partial charge in [-0.05, 0) is 37.0 Å². The number of rotatable bonds is 9. The van der Waals surface area contributed by atoms with E-state index in [1.807, 2.05) is 13.0 Å². The van der Waals surface area contributed by atoms with Crippen molar-refractivity contribution in [3.63, 3.8) is 0 Å². The highest BCUT2D eigenvalue weighted by molar-refractivity contribution is 14.0. The highest BCUT2D eigenvalue weighted by Gasteiger charge is 2.23. The van der Waals surface area contributed by atoms with Crippen LogP contribution in [0.2, 0.25) is 0 Å². The van der Waals surface area contributed by atoms with Crippen LogP contribution in [0.4, 0.5) is 0 Å². The standard InChI is InChI=1S/C20H34N4O3.HI/c1-5-21-20(22-11-15(2)14-25)23-17-6-7-24(13-17)12-16-8-18(26-3)10-19(9-16)27-4;/h8-10,15,17,25H,5-7,11-14H2,1-4H3,(H2,21,22,23);1H. The number of hydrogen-bond acceptors (Lipinski definition) is 5. The Morgan fingerprint density at radius 2 is 1.96 bits per heavy atom. The van der Waals surface area contributed by atoms with Gasteiger partial charge in [0, 0.05) is 51.4 Å². The van der Waals surface area contributed by atoms with Crippen LogP contribution in [0.25, 0.3) is 0 Å². The van der Waals surface area contributed by atoms with Crippen molar-refractivity contribution in [2.24, 2.45) is 10.9 Å². The lowest BCUT2D eigenvalue weighted by atomic mass is 10.2. The van der Waals surface area contributed by atoms with E-state index >= 15 is 0 Å². The number of likely N-dealkylation sites (tertiary alicyclic amines) is 1. The number of halogens is 1. The molecule has 1 heterocycles. The molecule has 0 spiro atoms. The van der Waals surface area contributed by atoms with Crippen molar-refractivity contribution in [1.82, 2.24) is 15.5 Å². The number of methoxy groups -OCH3 is 2. The summed E-state index contributed by atoms with van der Waals surface area (Å²) in [6.07, 6.45) is 1.07. The second-order valence-corrected chi connectivity index (χ2v) is 7.09. The number of aliphatic hydroxyl groups excluding tert-OH is 1. The van der Waals surface area contributed by atoms with Gasteiger partial charge >= 0.3 is 0 Å². The molecule has 2 atom stereocenters. The monoisotopic (exact) mass is 506 g/mol. The Hall–Kier alpha value is -1.26. The van der Waals surface area contributed by atoms with Crippen molar-refractivity contribution in [2.45, 2.75) is 32.9 Å². The van der Waals surface area contributed by atoms with Gasteiger partial charge in [0.2, 0.25) is 0 Å². The number of aliphatic imine (C=N–C) groups is 1. The predicted molar refractivity (Wildman–Crippen MR) is 124 cm³/mol. The van der Waals surface area contributed by atoms with Crippen LogP contribution in [0.5, 0.6) is 11.5 Å². The molecule has 0 aromatic heterocycles. The molecule has 1 aromatic carbocycles. The Labute approximate surface area is 185 Å². The summed E-state index contributed by atoms with van der Waals surface area (Å²) in [5.74, 6) is 2.63. The fraction of sp³-hybridized carbons (Fsp3) is 0.650. The zero-order valence-electron chi connectivity index (χ0n) is 17.4. The van der Waals surface area contributed by atoms with E-state index in [1.165, 1.54) is 5.56 Å². The van der Waals surface area contributed by atoms with Crippen molar-refractivity contribution >= 4 is 29.9 Å². The van der Waals surface area contributed by atoms with E-state index in [9.17, 15) is 5.11 Å². The van der Waals surface area contributed by atoms with Crippen LogP contribution in [0, 0.1) is 5.92 Å². The van der Waals surface area contributed by atoms with E-state index in [0.717, 1.165) is 50.1 Å². The van der Waals surface area contributed by atoms with Crippen LogP contribution in [0.3, 0.4) is 0 Å². The van der Waals surface area contributed by atoms with E-state index < -0.39 is 0 Å². The number of guanidine groups is 1. The SMILES string of the molecule is CCNC(=NCC(C)CO)NC1CCN(Cc2cc(OC)cc(OC)c2)C1.I. The van der Waals surface area contributed by atoms with Crippen molar-refractivity contribution in [2.75, 3.05) is 47.0 Å². The summed E-state index contributed by atoms with van der Waals surface area (Å²) in [5.41, 5.74) is 1.18. The van der Waals surface area contributed by atoms with Gasteiger partial charge in [-0.3, -0.25) is 9.89 Å². The molecule has 3 N–H and O–H groups in total. The minimum atomic E-state index is 0. The van der Waals surface area contributed by atoms with Crippen molar-refractivity contribution < 1.29 is 14.6 Å². The Kier molecular flexibility index (Phi) is 11.6. The Bertz CT molecular complexity index is 593. The van der Waals surface area contributed by atoms with Crippen molar-refractivity contribution in [3.8, 4) is 11.5 Å². The molecule has 160 valence electrons. The lowest BCUT2D eigenvalue weighted by Crippen LogP contribution is -2.44. The van der Waals surface area contributed by atoms with Crippen LogP contribution in [0.1, 0.15) is 25.8 Å². The molecule has 28 heavy (non-hydrogen) atoms. The highest BCUT2D eigenvalue weighted by atomic mass is 127.